The monoisotopic (exact) mass is 238 g/mol. The molecule has 0 aliphatic heterocycles. The summed E-state index contributed by atoms with van der Waals surface area (Å²) >= 11 is 0. The highest BCUT2D eigenvalue weighted by atomic mass is 16.6. The van der Waals surface area contributed by atoms with Gasteiger partial charge in [0.15, 0.2) is 0 Å². The largest absolute Gasteiger partial charge is 0.271 e. The van der Waals surface area contributed by atoms with Gasteiger partial charge >= 0.3 is 0 Å². The summed E-state index contributed by atoms with van der Waals surface area (Å²) in [5.74, 6) is 0. The molecule has 0 bridgehead atoms. The lowest BCUT2D eigenvalue weighted by molar-refractivity contribution is -0.384. The standard InChI is InChI=1S/C14H10N2O2/c1-9-11-4-2-3-5-13(11)15-14-8-10(16(17)18)6-7-12(9)14/h2-8H,1H3. The first-order valence-corrected chi connectivity index (χ1v) is 5.60. The molecule has 1 aromatic heterocycles. The van der Waals surface area contributed by atoms with Crippen LogP contribution in [0.15, 0.2) is 42.5 Å². The molecule has 0 amide bonds. The van der Waals surface area contributed by atoms with E-state index in [9.17, 15) is 10.1 Å². The van der Waals surface area contributed by atoms with Gasteiger partial charge in [0.05, 0.1) is 16.0 Å². The lowest BCUT2D eigenvalue weighted by atomic mass is 10.0. The van der Waals surface area contributed by atoms with Gasteiger partial charge in [0, 0.05) is 22.9 Å². The van der Waals surface area contributed by atoms with Gasteiger partial charge in [0.25, 0.3) is 5.69 Å². The molecule has 4 heteroatoms. The number of nitro groups is 1. The second-order valence-corrected chi connectivity index (χ2v) is 4.21. The van der Waals surface area contributed by atoms with Crippen LogP contribution >= 0.6 is 0 Å². The van der Waals surface area contributed by atoms with Crippen LogP contribution in [0, 0.1) is 17.0 Å². The zero-order chi connectivity index (χ0) is 12.7. The summed E-state index contributed by atoms with van der Waals surface area (Å²) in [4.78, 5) is 14.9. The lowest BCUT2D eigenvalue weighted by Crippen LogP contribution is -1.91. The molecular formula is C14H10N2O2. The van der Waals surface area contributed by atoms with E-state index in [0.717, 1.165) is 21.9 Å². The van der Waals surface area contributed by atoms with Crippen molar-refractivity contribution in [3.05, 3.63) is 58.1 Å². The minimum absolute atomic E-state index is 0.0738. The van der Waals surface area contributed by atoms with E-state index in [-0.39, 0.29) is 5.69 Å². The third-order valence-electron chi connectivity index (χ3n) is 3.15. The highest BCUT2D eigenvalue weighted by Gasteiger charge is 2.10. The summed E-state index contributed by atoms with van der Waals surface area (Å²) in [7, 11) is 0. The quantitative estimate of drug-likeness (QED) is 0.369. The lowest BCUT2D eigenvalue weighted by Gasteiger charge is -2.06. The maximum Gasteiger partial charge on any atom is 0.271 e. The fraction of sp³-hybridized carbons (Fsp3) is 0.0714. The van der Waals surface area contributed by atoms with Crippen LogP contribution in [0.3, 0.4) is 0 Å². The Morgan fingerprint density at radius 2 is 1.78 bits per heavy atom. The van der Waals surface area contributed by atoms with Crippen LogP contribution in [0.25, 0.3) is 21.8 Å². The second kappa shape index (κ2) is 3.77. The van der Waals surface area contributed by atoms with Crippen molar-refractivity contribution in [3.63, 3.8) is 0 Å². The average Bonchev–Trinajstić information content (AvgIpc) is 2.38. The Bertz CT molecular complexity index is 781. The van der Waals surface area contributed by atoms with Gasteiger partial charge in [-0.1, -0.05) is 18.2 Å². The van der Waals surface area contributed by atoms with Crippen molar-refractivity contribution in [3.8, 4) is 0 Å². The van der Waals surface area contributed by atoms with E-state index in [2.05, 4.69) is 4.98 Å². The number of fused-ring (bicyclic) bond motifs is 2. The number of benzene rings is 2. The van der Waals surface area contributed by atoms with Crippen molar-refractivity contribution in [2.75, 3.05) is 0 Å². The number of aromatic nitrogens is 1. The maximum atomic E-state index is 10.8. The Morgan fingerprint density at radius 3 is 2.56 bits per heavy atom. The summed E-state index contributed by atoms with van der Waals surface area (Å²) < 4.78 is 0. The van der Waals surface area contributed by atoms with Gasteiger partial charge in [-0.3, -0.25) is 10.1 Å². The first-order chi connectivity index (χ1) is 8.66. The van der Waals surface area contributed by atoms with E-state index in [1.807, 2.05) is 31.2 Å². The number of non-ortho nitro benzene ring substituents is 1. The van der Waals surface area contributed by atoms with E-state index in [1.54, 1.807) is 6.07 Å². The normalized spacial score (nSPS) is 10.9. The molecule has 2 aromatic carbocycles. The van der Waals surface area contributed by atoms with Gasteiger partial charge in [0.1, 0.15) is 0 Å². The van der Waals surface area contributed by atoms with Crippen molar-refractivity contribution in [1.82, 2.24) is 4.98 Å². The smallest absolute Gasteiger partial charge is 0.258 e. The van der Waals surface area contributed by atoms with Crippen LogP contribution in [-0.4, -0.2) is 9.91 Å². The fourth-order valence-corrected chi connectivity index (χ4v) is 2.21. The van der Waals surface area contributed by atoms with Crippen LogP contribution < -0.4 is 0 Å². The summed E-state index contributed by atoms with van der Waals surface area (Å²) in [5, 5.41) is 12.8. The molecule has 18 heavy (non-hydrogen) atoms. The predicted molar refractivity (Wildman–Crippen MR) is 70.6 cm³/mol. The van der Waals surface area contributed by atoms with E-state index >= 15 is 0 Å². The Balaban J connectivity index is 2.44. The number of hydrogen-bond acceptors (Lipinski definition) is 3. The van der Waals surface area contributed by atoms with Gasteiger partial charge in [-0.25, -0.2) is 4.98 Å². The summed E-state index contributed by atoms with van der Waals surface area (Å²) in [5.41, 5.74) is 2.71. The highest BCUT2D eigenvalue weighted by molar-refractivity contribution is 5.97. The number of nitro benzene ring substituents is 1. The molecule has 0 saturated carbocycles. The molecule has 0 unspecified atom stereocenters. The molecule has 1 heterocycles. The average molecular weight is 238 g/mol. The molecular weight excluding hydrogens is 228 g/mol. The molecule has 0 aliphatic carbocycles. The molecule has 0 saturated heterocycles. The number of nitrogens with zero attached hydrogens (tertiary/aromatic N) is 2. The minimum Gasteiger partial charge on any atom is -0.258 e. The van der Waals surface area contributed by atoms with E-state index in [0.29, 0.717) is 5.52 Å². The minimum atomic E-state index is -0.397. The molecule has 88 valence electrons. The number of aryl methyl sites for hydroxylation is 1. The Labute approximate surface area is 103 Å². The Hall–Kier alpha value is -2.49. The molecule has 4 nitrogen and oxygen atoms in total. The summed E-state index contributed by atoms with van der Waals surface area (Å²) in [6, 6.07) is 12.6. The van der Waals surface area contributed by atoms with Gasteiger partial charge in [0.2, 0.25) is 0 Å². The topological polar surface area (TPSA) is 56.0 Å². The van der Waals surface area contributed by atoms with Crippen molar-refractivity contribution in [2.45, 2.75) is 6.92 Å². The summed E-state index contributed by atoms with van der Waals surface area (Å²) in [6.45, 7) is 2.01. The maximum absolute atomic E-state index is 10.8. The zero-order valence-corrected chi connectivity index (χ0v) is 9.75. The van der Waals surface area contributed by atoms with E-state index in [1.165, 1.54) is 12.1 Å². The molecule has 0 N–H and O–H groups in total. The molecule has 0 fully saturated rings. The van der Waals surface area contributed by atoms with Gasteiger partial charge in [-0.2, -0.15) is 0 Å². The van der Waals surface area contributed by atoms with Crippen LogP contribution in [-0.2, 0) is 0 Å². The van der Waals surface area contributed by atoms with Crippen molar-refractivity contribution in [2.24, 2.45) is 0 Å². The number of rotatable bonds is 1. The number of pyridine rings is 1. The second-order valence-electron chi connectivity index (χ2n) is 4.21. The third kappa shape index (κ3) is 1.50. The first-order valence-electron chi connectivity index (χ1n) is 5.60. The van der Waals surface area contributed by atoms with Crippen molar-refractivity contribution in [1.29, 1.82) is 0 Å². The molecule has 3 aromatic rings. The molecule has 0 aliphatic rings. The van der Waals surface area contributed by atoms with Crippen molar-refractivity contribution < 1.29 is 4.92 Å². The van der Waals surface area contributed by atoms with Crippen LogP contribution in [0.5, 0.6) is 0 Å². The molecule has 0 spiro atoms. The Kier molecular flexibility index (Phi) is 2.23. The van der Waals surface area contributed by atoms with Crippen LogP contribution in [0.2, 0.25) is 0 Å². The number of hydrogen-bond donors (Lipinski definition) is 0. The van der Waals surface area contributed by atoms with Gasteiger partial charge < -0.3 is 0 Å². The van der Waals surface area contributed by atoms with E-state index < -0.39 is 4.92 Å². The number of para-hydroxylation sites is 1. The van der Waals surface area contributed by atoms with Gasteiger partial charge in [-0.15, -0.1) is 0 Å². The zero-order valence-electron chi connectivity index (χ0n) is 9.75. The van der Waals surface area contributed by atoms with Crippen LogP contribution in [0.4, 0.5) is 5.69 Å². The third-order valence-corrected chi connectivity index (χ3v) is 3.15. The molecule has 0 radical (unpaired) electrons. The van der Waals surface area contributed by atoms with Crippen molar-refractivity contribution >= 4 is 27.5 Å². The van der Waals surface area contributed by atoms with E-state index in [4.69, 9.17) is 0 Å². The summed E-state index contributed by atoms with van der Waals surface area (Å²) in [6.07, 6.45) is 0. The highest BCUT2D eigenvalue weighted by Crippen LogP contribution is 2.27. The molecule has 3 rings (SSSR count). The first kappa shape index (κ1) is 10.7. The molecule has 0 atom stereocenters. The van der Waals surface area contributed by atoms with Crippen LogP contribution in [0.1, 0.15) is 5.56 Å². The predicted octanol–water partition coefficient (Wildman–Crippen LogP) is 3.60. The Morgan fingerprint density at radius 1 is 1.06 bits per heavy atom. The SMILES string of the molecule is Cc1c2ccccc2nc2cc([N+](=O)[O-])ccc12. The fourth-order valence-electron chi connectivity index (χ4n) is 2.21. The van der Waals surface area contributed by atoms with Gasteiger partial charge in [-0.05, 0) is 24.6 Å².